The lowest BCUT2D eigenvalue weighted by molar-refractivity contribution is -0.139. The lowest BCUT2D eigenvalue weighted by Crippen LogP contribution is -2.38. The van der Waals surface area contributed by atoms with Gasteiger partial charge >= 0.3 is 11.9 Å². The van der Waals surface area contributed by atoms with Crippen molar-refractivity contribution in [1.82, 2.24) is 0 Å². The molecule has 0 spiro atoms. The van der Waals surface area contributed by atoms with E-state index in [2.05, 4.69) is 12.1 Å². The molecule has 0 aromatic heterocycles. The maximum Gasteiger partial charge on any atom is 0.355 e. The standard InChI is InChI=1S/C24H21ClN2O4S/c1-30-23(28)20-21-18(12-13-19(26-21)32-14-15-6-4-3-5-7-15)27(22(20)24(29)31-2)17-10-8-16(25)9-11-17/h3-13,18,21H,14H2,1-2H3/t18-,21+/m0/s1. The van der Waals surface area contributed by atoms with Crippen LogP contribution in [-0.4, -0.2) is 43.3 Å². The van der Waals surface area contributed by atoms with Crippen LogP contribution in [0.5, 0.6) is 0 Å². The quantitative estimate of drug-likeness (QED) is 0.606. The highest BCUT2D eigenvalue weighted by molar-refractivity contribution is 8.13. The number of nitrogens with zero attached hydrogens (tertiary/aromatic N) is 2. The Labute approximate surface area is 195 Å². The van der Waals surface area contributed by atoms with Crippen LogP contribution >= 0.6 is 23.4 Å². The third kappa shape index (κ3) is 4.31. The fourth-order valence-electron chi connectivity index (χ4n) is 3.78. The van der Waals surface area contributed by atoms with Crippen molar-refractivity contribution in [3.8, 4) is 0 Å². The van der Waals surface area contributed by atoms with E-state index in [9.17, 15) is 9.59 Å². The molecule has 0 aliphatic carbocycles. The number of hydrogen-bond donors (Lipinski definition) is 0. The van der Waals surface area contributed by atoms with E-state index in [4.69, 9.17) is 26.1 Å². The first-order chi connectivity index (χ1) is 15.5. The molecule has 4 rings (SSSR count). The summed E-state index contributed by atoms with van der Waals surface area (Å²) in [5, 5.41) is 1.34. The van der Waals surface area contributed by atoms with Gasteiger partial charge in [-0.05, 0) is 35.9 Å². The average Bonchev–Trinajstić information content (AvgIpc) is 3.17. The predicted octanol–water partition coefficient (Wildman–Crippen LogP) is 4.40. The molecule has 2 aliphatic heterocycles. The molecular weight excluding hydrogens is 448 g/mol. The normalized spacial score (nSPS) is 19.5. The van der Waals surface area contributed by atoms with Gasteiger partial charge in [-0.15, -0.1) is 11.8 Å². The molecule has 2 aromatic rings. The van der Waals surface area contributed by atoms with Gasteiger partial charge in [0.1, 0.15) is 11.7 Å². The summed E-state index contributed by atoms with van der Waals surface area (Å²) in [7, 11) is 2.57. The Bertz CT molecular complexity index is 1110. The second kappa shape index (κ2) is 9.63. The Balaban J connectivity index is 1.73. The number of benzene rings is 2. The minimum atomic E-state index is -0.628. The number of thioether (sulfide) groups is 1. The van der Waals surface area contributed by atoms with E-state index in [1.165, 1.54) is 19.8 Å². The van der Waals surface area contributed by atoms with Crippen LogP contribution in [-0.2, 0) is 24.8 Å². The van der Waals surface area contributed by atoms with Crippen LogP contribution in [0, 0.1) is 0 Å². The second-order valence-electron chi connectivity index (χ2n) is 7.13. The Kier molecular flexibility index (Phi) is 6.67. The number of ether oxygens (including phenoxy) is 2. The molecule has 0 saturated carbocycles. The van der Waals surface area contributed by atoms with E-state index in [0.29, 0.717) is 10.7 Å². The first-order valence-corrected chi connectivity index (χ1v) is 11.3. The van der Waals surface area contributed by atoms with Gasteiger partial charge in [0, 0.05) is 16.5 Å². The summed E-state index contributed by atoms with van der Waals surface area (Å²) in [6, 6.07) is 16.1. The number of fused-ring (bicyclic) bond motifs is 1. The molecule has 164 valence electrons. The van der Waals surface area contributed by atoms with Gasteiger partial charge in [-0.1, -0.05) is 48.0 Å². The van der Waals surface area contributed by atoms with Gasteiger partial charge in [0.25, 0.3) is 0 Å². The van der Waals surface area contributed by atoms with Crippen molar-refractivity contribution in [3.63, 3.8) is 0 Å². The molecular formula is C24H21ClN2O4S. The van der Waals surface area contributed by atoms with Crippen molar-refractivity contribution >= 4 is 46.0 Å². The number of methoxy groups -OCH3 is 2. The molecule has 2 aromatic carbocycles. The number of carbonyl (C=O) groups excluding carboxylic acids is 2. The van der Waals surface area contributed by atoms with Crippen molar-refractivity contribution in [3.05, 3.63) is 88.6 Å². The zero-order valence-corrected chi connectivity index (χ0v) is 19.1. The van der Waals surface area contributed by atoms with Gasteiger partial charge in [0.05, 0.1) is 30.9 Å². The van der Waals surface area contributed by atoms with E-state index in [1.807, 2.05) is 30.4 Å². The molecule has 0 saturated heterocycles. The predicted molar refractivity (Wildman–Crippen MR) is 127 cm³/mol. The molecule has 2 heterocycles. The number of aliphatic imine (C=N–C) groups is 1. The number of esters is 2. The minimum absolute atomic E-state index is 0.124. The SMILES string of the molecule is COC(=O)C1=C(C(=O)OC)N(c2ccc(Cl)cc2)[C@H]2C=CC(SCc3ccccc3)=N[C@@H]12. The smallest absolute Gasteiger partial charge is 0.355 e. The molecule has 2 aliphatic rings. The molecule has 0 N–H and O–H groups in total. The first-order valence-electron chi connectivity index (χ1n) is 9.91. The minimum Gasteiger partial charge on any atom is -0.466 e. The summed E-state index contributed by atoms with van der Waals surface area (Å²) in [6.45, 7) is 0. The molecule has 0 bridgehead atoms. The van der Waals surface area contributed by atoms with Crippen LogP contribution in [0.25, 0.3) is 0 Å². The summed E-state index contributed by atoms with van der Waals surface area (Å²) in [5.41, 5.74) is 2.17. The van der Waals surface area contributed by atoms with Crippen molar-refractivity contribution < 1.29 is 19.1 Å². The third-order valence-electron chi connectivity index (χ3n) is 5.23. The number of rotatable bonds is 5. The Morgan fingerprint density at radius 1 is 1.03 bits per heavy atom. The topological polar surface area (TPSA) is 68.2 Å². The van der Waals surface area contributed by atoms with Crippen molar-refractivity contribution in [2.75, 3.05) is 19.1 Å². The monoisotopic (exact) mass is 468 g/mol. The van der Waals surface area contributed by atoms with Crippen molar-refractivity contribution in [1.29, 1.82) is 0 Å². The van der Waals surface area contributed by atoms with E-state index < -0.39 is 18.0 Å². The summed E-state index contributed by atoms with van der Waals surface area (Å²) in [6.07, 6.45) is 3.88. The lowest BCUT2D eigenvalue weighted by Gasteiger charge is -2.30. The van der Waals surface area contributed by atoms with Gasteiger partial charge in [0.15, 0.2) is 0 Å². The number of hydrogen-bond acceptors (Lipinski definition) is 7. The third-order valence-corrected chi connectivity index (χ3v) is 6.50. The molecule has 0 amide bonds. The van der Waals surface area contributed by atoms with Crippen LogP contribution in [0.2, 0.25) is 5.02 Å². The fraction of sp³-hybridized carbons (Fsp3) is 0.208. The van der Waals surface area contributed by atoms with Crippen LogP contribution in [0.1, 0.15) is 5.56 Å². The van der Waals surface area contributed by atoms with E-state index in [0.717, 1.165) is 10.8 Å². The summed E-state index contributed by atoms with van der Waals surface area (Å²) in [4.78, 5) is 32.2. The van der Waals surface area contributed by atoms with Gasteiger partial charge in [-0.25, -0.2) is 9.59 Å². The van der Waals surface area contributed by atoms with E-state index >= 15 is 0 Å². The number of carbonyl (C=O) groups is 2. The zero-order valence-electron chi connectivity index (χ0n) is 17.5. The number of anilines is 1. The van der Waals surface area contributed by atoms with Crippen LogP contribution in [0.4, 0.5) is 5.69 Å². The van der Waals surface area contributed by atoms with E-state index in [1.54, 1.807) is 40.9 Å². The number of dihydropyridines is 1. The maximum absolute atomic E-state index is 12.8. The number of halogens is 1. The van der Waals surface area contributed by atoms with Gasteiger partial charge < -0.3 is 14.4 Å². The molecule has 8 heteroatoms. The molecule has 6 nitrogen and oxygen atoms in total. The Morgan fingerprint density at radius 2 is 1.72 bits per heavy atom. The van der Waals surface area contributed by atoms with Gasteiger partial charge in [-0.3, -0.25) is 4.99 Å². The summed E-state index contributed by atoms with van der Waals surface area (Å²) < 4.78 is 10.0. The zero-order chi connectivity index (χ0) is 22.7. The highest BCUT2D eigenvalue weighted by Crippen LogP contribution is 2.40. The summed E-state index contributed by atoms with van der Waals surface area (Å²) in [5.74, 6) is -0.496. The largest absolute Gasteiger partial charge is 0.466 e. The van der Waals surface area contributed by atoms with E-state index in [-0.39, 0.29) is 17.3 Å². The molecule has 32 heavy (non-hydrogen) atoms. The maximum atomic E-state index is 12.8. The van der Waals surface area contributed by atoms with Crippen LogP contribution < -0.4 is 4.90 Å². The highest BCUT2D eigenvalue weighted by Gasteiger charge is 2.48. The van der Waals surface area contributed by atoms with Gasteiger partial charge in [-0.2, -0.15) is 0 Å². The molecule has 0 radical (unpaired) electrons. The average molecular weight is 469 g/mol. The van der Waals surface area contributed by atoms with Crippen molar-refractivity contribution in [2.24, 2.45) is 4.99 Å². The van der Waals surface area contributed by atoms with Crippen LogP contribution in [0.15, 0.2) is 83.0 Å². The van der Waals surface area contributed by atoms with Gasteiger partial charge in [0.2, 0.25) is 0 Å². The first kappa shape index (κ1) is 22.2. The Morgan fingerprint density at radius 3 is 2.38 bits per heavy atom. The highest BCUT2D eigenvalue weighted by atomic mass is 35.5. The Hall–Kier alpha value is -3.03. The second-order valence-corrected chi connectivity index (χ2v) is 8.56. The molecule has 0 fully saturated rings. The lowest BCUT2D eigenvalue weighted by atomic mass is 10.0. The fourth-order valence-corrected chi connectivity index (χ4v) is 4.77. The summed E-state index contributed by atoms with van der Waals surface area (Å²) >= 11 is 7.62. The van der Waals surface area contributed by atoms with Crippen molar-refractivity contribution in [2.45, 2.75) is 17.8 Å². The molecule has 0 unspecified atom stereocenters. The van der Waals surface area contributed by atoms with Crippen LogP contribution in [0.3, 0.4) is 0 Å². The molecule has 2 atom stereocenters.